The number of aliphatic hydroxyl groups excluding tert-OH is 1. The summed E-state index contributed by atoms with van der Waals surface area (Å²) < 4.78 is 1.32. The highest BCUT2D eigenvalue weighted by molar-refractivity contribution is 5.87. The number of hydrogen-bond donors (Lipinski definition) is 2. The van der Waals surface area contributed by atoms with Crippen molar-refractivity contribution in [2.75, 3.05) is 0 Å². The largest absolute Gasteiger partial charge is 0.390 e. The van der Waals surface area contributed by atoms with Crippen LogP contribution in [-0.2, 0) is 22.7 Å². The Kier molecular flexibility index (Phi) is 4.96. The average Bonchev–Trinajstić information content (AvgIpc) is 2.72. The Bertz CT molecular complexity index is 428. The van der Waals surface area contributed by atoms with Crippen LogP contribution in [0.15, 0.2) is 6.20 Å². The predicted octanol–water partition coefficient (Wildman–Crippen LogP) is -0.500. The highest BCUT2D eigenvalue weighted by Crippen LogP contribution is 2.02. The van der Waals surface area contributed by atoms with E-state index in [0.29, 0.717) is 5.69 Å². The van der Waals surface area contributed by atoms with Gasteiger partial charge in [-0.15, -0.1) is 5.10 Å². The Hall–Kier alpha value is -1.76. The van der Waals surface area contributed by atoms with Crippen molar-refractivity contribution in [3.63, 3.8) is 0 Å². The second kappa shape index (κ2) is 6.25. The zero-order valence-corrected chi connectivity index (χ0v) is 10.8. The maximum atomic E-state index is 11.7. The van der Waals surface area contributed by atoms with Crippen LogP contribution in [0.25, 0.3) is 0 Å². The Morgan fingerprint density at radius 3 is 2.61 bits per heavy atom. The van der Waals surface area contributed by atoms with Gasteiger partial charge < -0.3 is 10.4 Å². The number of nitrogens with one attached hydrogen (secondary N) is 1. The van der Waals surface area contributed by atoms with E-state index in [9.17, 15) is 9.59 Å². The molecule has 0 aliphatic heterocycles. The van der Waals surface area contributed by atoms with Crippen LogP contribution in [-0.4, -0.2) is 37.8 Å². The van der Waals surface area contributed by atoms with Crippen molar-refractivity contribution in [1.29, 1.82) is 0 Å². The van der Waals surface area contributed by atoms with Crippen LogP contribution in [0, 0.1) is 5.92 Å². The van der Waals surface area contributed by atoms with Gasteiger partial charge in [-0.1, -0.05) is 19.1 Å². The minimum absolute atomic E-state index is 0.0243. The zero-order chi connectivity index (χ0) is 13.7. The van der Waals surface area contributed by atoms with Crippen LogP contribution >= 0.6 is 0 Å². The topological polar surface area (TPSA) is 97.1 Å². The molecule has 0 spiro atoms. The van der Waals surface area contributed by atoms with Gasteiger partial charge in [-0.05, 0) is 12.8 Å². The summed E-state index contributed by atoms with van der Waals surface area (Å²) in [6, 6.07) is -0.488. The Morgan fingerprint density at radius 2 is 2.17 bits per heavy atom. The fourth-order valence-electron chi connectivity index (χ4n) is 1.59. The summed E-state index contributed by atoms with van der Waals surface area (Å²) in [6.07, 6.45) is 1.48. The van der Waals surface area contributed by atoms with Crippen LogP contribution < -0.4 is 5.32 Å². The number of aliphatic hydroxyl groups is 1. The van der Waals surface area contributed by atoms with Gasteiger partial charge in [0.2, 0.25) is 5.91 Å². The molecule has 1 atom stereocenters. The third-order valence-electron chi connectivity index (χ3n) is 2.47. The van der Waals surface area contributed by atoms with Crippen molar-refractivity contribution in [2.24, 2.45) is 5.92 Å². The molecule has 0 aliphatic rings. The van der Waals surface area contributed by atoms with Crippen LogP contribution in [0.1, 0.15) is 26.5 Å². The standard InChI is InChI=1S/C11H18N4O3/c1-7(2)11(8(3)17)12-10(18)5-15-4-9(6-16)13-14-15/h4,7,11,16H,5-6H2,1-3H3,(H,12,18). The fraction of sp³-hybridized carbons (Fsp3) is 0.636. The van der Waals surface area contributed by atoms with E-state index in [1.54, 1.807) is 0 Å². The lowest BCUT2D eigenvalue weighted by Gasteiger charge is -2.19. The van der Waals surface area contributed by atoms with Gasteiger partial charge in [-0.3, -0.25) is 9.59 Å². The summed E-state index contributed by atoms with van der Waals surface area (Å²) >= 11 is 0. The van der Waals surface area contributed by atoms with E-state index in [1.807, 2.05) is 13.8 Å². The van der Waals surface area contributed by atoms with E-state index >= 15 is 0 Å². The van der Waals surface area contributed by atoms with Gasteiger partial charge in [-0.2, -0.15) is 0 Å². The molecule has 0 saturated carbocycles. The summed E-state index contributed by atoms with van der Waals surface area (Å²) in [6.45, 7) is 4.94. The summed E-state index contributed by atoms with van der Waals surface area (Å²) in [5, 5.41) is 18.8. The minimum Gasteiger partial charge on any atom is -0.390 e. The van der Waals surface area contributed by atoms with Gasteiger partial charge in [0.05, 0.1) is 18.8 Å². The molecule has 0 aliphatic carbocycles. The molecule has 7 nitrogen and oxygen atoms in total. The summed E-state index contributed by atoms with van der Waals surface area (Å²) in [5.41, 5.74) is 0.398. The number of ketones is 1. The number of nitrogens with zero attached hydrogens (tertiary/aromatic N) is 3. The second-order valence-electron chi connectivity index (χ2n) is 4.47. The highest BCUT2D eigenvalue weighted by Gasteiger charge is 2.20. The van der Waals surface area contributed by atoms with E-state index in [1.165, 1.54) is 17.8 Å². The maximum absolute atomic E-state index is 11.7. The molecule has 2 N–H and O–H groups in total. The van der Waals surface area contributed by atoms with E-state index in [0.717, 1.165) is 0 Å². The number of aromatic nitrogens is 3. The van der Waals surface area contributed by atoms with Crippen molar-refractivity contribution in [2.45, 2.75) is 40.0 Å². The van der Waals surface area contributed by atoms with Crippen molar-refractivity contribution in [3.8, 4) is 0 Å². The number of Topliss-reactive ketones (excluding diaryl/α,β-unsaturated/α-hetero) is 1. The monoisotopic (exact) mass is 254 g/mol. The van der Waals surface area contributed by atoms with Gasteiger partial charge in [-0.25, -0.2) is 4.68 Å². The molecular weight excluding hydrogens is 236 g/mol. The first-order valence-corrected chi connectivity index (χ1v) is 5.73. The summed E-state index contributed by atoms with van der Waals surface area (Å²) in [7, 11) is 0. The van der Waals surface area contributed by atoms with Crippen molar-refractivity contribution >= 4 is 11.7 Å². The first-order chi connectivity index (χ1) is 8.43. The molecule has 1 rings (SSSR count). The van der Waals surface area contributed by atoms with E-state index in [4.69, 9.17) is 5.11 Å². The Labute approximate surface area is 105 Å². The number of carbonyl (C=O) groups is 2. The quantitative estimate of drug-likeness (QED) is 0.713. The third-order valence-corrected chi connectivity index (χ3v) is 2.47. The van der Waals surface area contributed by atoms with Crippen LogP contribution in [0.2, 0.25) is 0 Å². The lowest BCUT2D eigenvalue weighted by molar-refractivity contribution is -0.128. The van der Waals surface area contributed by atoms with E-state index in [2.05, 4.69) is 15.6 Å². The van der Waals surface area contributed by atoms with Gasteiger partial charge in [0.25, 0.3) is 0 Å². The molecule has 7 heteroatoms. The van der Waals surface area contributed by atoms with Crippen LogP contribution in [0.4, 0.5) is 0 Å². The summed E-state index contributed by atoms with van der Waals surface area (Å²) in [4.78, 5) is 23.1. The minimum atomic E-state index is -0.488. The molecule has 0 bridgehead atoms. The van der Waals surface area contributed by atoms with Gasteiger partial charge >= 0.3 is 0 Å². The highest BCUT2D eigenvalue weighted by atomic mass is 16.3. The Morgan fingerprint density at radius 1 is 1.50 bits per heavy atom. The lowest BCUT2D eigenvalue weighted by atomic mass is 10.0. The van der Waals surface area contributed by atoms with E-state index < -0.39 is 6.04 Å². The molecular formula is C11H18N4O3. The average molecular weight is 254 g/mol. The molecule has 1 unspecified atom stereocenters. The smallest absolute Gasteiger partial charge is 0.242 e. The first kappa shape index (κ1) is 14.3. The lowest BCUT2D eigenvalue weighted by Crippen LogP contribution is -2.44. The molecule has 1 heterocycles. The molecule has 0 aromatic carbocycles. The SMILES string of the molecule is CC(=O)C(NC(=O)Cn1cc(CO)nn1)C(C)C. The molecule has 100 valence electrons. The second-order valence-corrected chi connectivity index (χ2v) is 4.47. The van der Waals surface area contributed by atoms with Crippen molar-refractivity contribution in [3.05, 3.63) is 11.9 Å². The summed E-state index contributed by atoms with van der Waals surface area (Å²) in [5.74, 6) is -0.346. The molecule has 1 aromatic heterocycles. The zero-order valence-electron chi connectivity index (χ0n) is 10.8. The predicted molar refractivity (Wildman–Crippen MR) is 63.4 cm³/mol. The normalized spacial score (nSPS) is 12.5. The number of amides is 1. The van der Waals surface area contributed by atoms with Crippen molar-refractivity contribution < 1.29 is 14.7 Å². The van der Waals surface area contributed by atoms with Crippen molar-refractivity contribution in [1.82, 2.24) is 20.3 Å². The van der Waals surface area contributed by atoms with Gasteiger partial charge in [0, 0.05) is 0 Å². The number of carbonyl (C=O) groups excluding carboxylic acids is 2. The molecule has 1 amide bonds. The van der Waals surface area contributed by atoms with Crippen LogP contribution in [0.5, 0.6) is 0 Å². The molecule has 0 radical (unpaired) electrons. The maximum Gasteiger partial charge on any atom is 0.242 e. The molecule has 18 heavy (non-hydrogen) atoms. The first-order valence-electron chi connectivity index (χ1n) is 5.73. The molecule has 0 fully saturated rings. The Balaban J connectivity index is 2.57. The fourth-order valence-corrected chi connectivity index (χ4v) is 1.59. The molecule has 1 aromatic rings. The van der Waals surface area contributed by atoms with Crippen LogP contribution in [0.3, 0.4) is 0 Å². The molecule has 0 saturated heterocycles. The number of hydrogen-bond acceptors (Lipinski definition) is 5. The van der Waals surface area contributed by atoms with Gasteiger partial charge in [0.1, 0.15) is 12.2 Å². The third kappa shape index (κ3) is 3.92. The van der Waals surface area contributed by atoms with Gasteiger partial charge in [0.15, 0.2) is 5.78 Å². The van der Waals surface area contributed by atoms with E-state index in [-0.39, 0.29) is 30.8 Å². The number of rotatable bonds is 6.